The Morgan fingerprint density at radius 3 is 2.83 bits per heavy atom. The minimum Gasteiger partial charge on any atom is -0.476 e. The number of fused-ring (bicyclic) bond motifs is 1. The van der Waals surface area contributed by atoms with Crippen LogP contribution in [0, 0.1) is 5.41 Å². The van der Waals surface area contributed by atoms with E-state index in [4.69, 9.17) is 15.9 Å². The minimum atomic E-state index is -0.0809. The van der Waals surface area contributed by atoms with Crippen molar-refractivity contribution in [2.75, 3.05) is 12.3 Å². The van der Waals surface area contributed by atoms with Gasteiger partial charge in [0.15, 0.2) is 5.65 Å². The number of nitrogen functional groups attached to an aromatic ring is 1. The SMILES string of the molecule is CCOC(=N)c1nc(N)n2ncc(C(C)C)c2n1. The largest absolute Gasteiger partial charge is 0.476 e. The molecule has 7 nitrogen and oxygen atoms in total. The Balaban J connectivity index is 2.58. The van der Waals surface area contributed by atoms with Crippen LogP contribution < -0.4 is 5.73 Å². The van der Waals surface area contributed by atoms with Crippen LogP contribution in [-0.2, 0) is 4.74 Å². The Morgan fingerprint density at radius 1 is 1.50 bits per heavy atom. The fraction of sp³-hybridized carbons (Fsp3) is 0.455. The van der Waals surface area contributed by atoms with E-state index >= 15 is 0 Å². The lowest BCUT2D eigenvalue weighted by Crippen LogP contribution is -2.14. The summed E-state index contributed by atoms with van der Waals surface area (Å²) in [6, 6.07) is 0. The number of ether oxygens (including phenoxy) is 1. The predicted molar refractivity (Wildman–Crippen MR) is 67.7 cm³/mol. The molecule has 0 aliphatic carbocycles. The van der Waals surface area contributed by atoms with Crippen molar-refractivity contribution in [3.05, 3.63) is 17.6 Å². The molecule has 0 saturated carbocycles. The molecule has 0 radical (unpaired) electrons. The number of anilines is 1. The van der Waals surface area contributed by atoms with Gasteiger partial charge in [0.25, 0.3) is 5.90 Å². The first kappa shape index (κ1) is 12.3. The maximum Gasteiger partial charge on any atom is 0.252 e. The predicted octanol–water partition coefficient (Wildman–Crippen LogP) is 1.19. The second-order valence-corrected chi connectivity index (χ2v) is 4.16. The minimum absolute atomic E-state index is 0.0809. The van der Waals surface area contributed by atoms with Crippen molar-refractivity contribution >= 4 is 17.5 Å². The zero-order valence-corrected chi connectivity index (χ0v) is 10.6. The number of nitrogens with two attached hydrogens (primary N) is 1. The van der Waals surface area contributed by atoms with Gasteiger partial charge in [-0.3, -0.25) is 5.41 Å². The Labute approximate surface area is 105 Å². The normalized spacial score (nSPS) is 11.1. The molecular formula is C11H16N6O. The van der Waals surface area contributed by atoms with Crippen LogP contribution in [0.25, 0.3) is 5.65 Å². The standard InChI is InChI=1S/C11H16N6O/c1-4-18-8(12)9-15-10-7(6(2)3)5-14-17(10)11(13)16-9/h5-6,12H,4H2,1-3H3,(H2,13,15,16). The molecule has 0 aliphatic heterocycles. The van der Waals surface area contributed by atoms with Crippen molar-refractivity contribution in [3.8, 4) is 0 Å². The average molecular weight is 248 g/mol. The van der Waals surface area contributed by atoms with Gasteiger partial charge in [0, 0.05) is 5.56 Å². The number of aromatic nitrogens is 4. The average Bonchev–Trinajstić information content (AvgIpc) is 2.73. The second-order valence-electron chi connectivity index (χ2n) is 4.16. The number of nitrogens with zero attached hydrogens (tertiary/aromatic N) is 4. The molecule has 2 heterocycles. The Hall–Kier alpha value is -2.18. The van der Waals surface area contributed by atoms with Gasteiger partial charge in [0.05, 0.1) is 12.8 Å². The molecule has 2 aromatic heterocycles. The summed E-state index contributed by atoms with van der Waals surface area (Å²) in [6.07, 6.45) is 1.72. The van der Waals surface area contributed by atoms with Gasteiger partial charge in [-0.15, -0.1) is 0 Å². The number of rotatable bonds is 3. The maximum absolute atomic E-state index is 7.70. The molecule has 0 aromatic carbocycles. The highest BCUT2D eigenvalue weighted by atomic mass is 16.5. The molecule has 0 amide bonds. The van der Waals surface area contributed by atoms with Crippen LogP contribution in [0.1, 0.15) is 38.1 Å². The molecule has 0 aliphatic rings. The first-order valence-corrected chi connectivity index (χ1v) is 5.77. The van der Waals surface area contributed by atoms with E-state index in [1.54, 1.807) is 13.1 Å². The van der Waals surface area contributed by atoms with Gasteiger partial charge in [-0.1, -0.05) is 13.8 Å². The first-order valence-electron chi connectivity index (χ1n) is 5.77. The monoisotopic (exact) mass is 248 g/mol. The van der Waals surface area contributed by atoms with Crippen molar-refractivity contribution < 1.29 is 4.74 Å². The molecule has 2 rings (SSSR count). The molecule has 0 atom stereocenters. The second kappa shape index (κ2) is 4.59. The van der Waals surface area contributed by atoms with Crippen molar-refractivity contribution in [3.63, 3.8) is 0 Å². The third-order valence-electron chi connectivity index (χ3n) is 2.53. The molecule has 18 heavy (non-hydrogen) atoms. The zero-order valence-electron chi connectivity index (χ0n) is 10.6. The lowest BCUT2D eigenvalue weighted by molar-refractivity contribution is 0.323. The molecule has 0 unspecified atom stereocenters. The highest BCUT2D eigenvalue weighted by molar-refractivity contribution is 5.88. The Morgan fingerprint density at radius 2 is 2.22 bits per heavy atom. The van der Waals surface area contributed by atoms with Crippen molar-refractivity contribution in [1.29, 1.82) is 5.41 Å². The van der Waals surface area contributed by atoms with Gasteiger partial charge < -0.3 is 10.5 Å². The van der Waals surface area contributed by atoms with Crippen LogP contribution >= 0.6 is 0 Å². The highest BCUT2D eigenvalue weighted by Gasteiger charge is 2.16. The Bertz CT molecular complexity index is 588. The molecule has 96 valence electrons. The van der Waals surface area contributed by atoms with E-state index in [0.717, 1.165) is 5.56 Å². The summed E-state index contributed by atoms with van der Waals surface area (Å²) in [4.78, 5) is 8.31. The van der Waals surface area contributed by atoms with E-state index in [9.17, 15) is 0 Å². The van der Waals surface area contributed by atoms with Crippen molar-refractivity contribution in [2.24, 2.45) is 0 Å². The fourth-order valence-corrected chi connectivity index (χ4v) is 1.63. The van der Waals surface area contributed by atoms with Crippen LogP contribution in [0.15, 0.2) is 6.20 Å². The number of hydrogen-bond acceptors (Lipinski definition) is 6. The van der Waals surface area contributed by atoms with Crippen molar-refractivity contribution in [1.82, 2.24) is 19.6 Å². The summed E-state index contributed by atoms with van der Waals surface area (Å²) >= 11 is 0. The lowest BCUT2D eigenvalue weighted by Gasteiger charge is -2.07. The smallest absolute Gasteiger partial charge is 0.252 e. The van der Waals surface area contributed by atoms with Crippen molar-refractivity contribution in [2.45, 2.75) is 26.7 Å². The van der Waals surface area contributed by atoms with Gasteiger partial charge in [-0.05, 0) is 12.8 Å². The summed E-state index contributed by atoms with van der Waals surface area (Å²) in [5.74, 6) is 0.573. The molecule has 0 fully saturated rings. The molecule has 3 N–H and O–H groups in total. The van der Waals surface area contributed by atoms with Gasteiger partial charge in [-0.25, -0.2) is 4.98 Å². The van der Waals surface area contributed by atoms with Crippen LogP contribution in [-0.4, -0.2) is 32.1 Å². The molecule has 0 saturated heterocycles. The van der Waals surface area contributed by atoms with E-state index in [2.05, 4.69) is 15.1 Å². The third kappa shape index (κ3) is 1.99. The summed E-state index contributed by atoms with van der Waals surface area (Å²) in [6.45, 7) is 6.28. The summed E-state index contributed by atoms with van der Waals surface area (Å²) in [7, 11) is 0. The topological polar surface area (TPSA) is 102 Å². The summed E-state index contributed by atoms with van der Waals surface area (Å²) < 4.78 is 6.55. The zero-order chi connectivity index (χ0) is 13.3. The quantitative estimate of drug-likeness (QED) is 0.627. The van der Waals surface area contributed by atoms with E-state index in [0.29, 0.717) is 12.3 Å². The highest BCUT2D eigenvalue weighted by Crippen LogP contribution is 2.19. The first-order chi connectivity index (χ1) is 8.54. The number of nitrogens with one attached hydrogen (secondary N) is 1. The molecule has 0 bridgehead atoms. The maximum atomic E-state index is 7.70. The van der Waals surface area contributed by atoms with E-state index in [1.807, 2.05) is 13.8 Å². The van der Waals surface area contributed by atoms with Gasteiger partial charge >= 0.3 is 0 Å². The molecule has 0 spiro atoms. The van der Waals surface area contributed by atoms with Crippen LogP contribution in [0.4, 0.5) is 5.95 Å². The lowest BCUT2D eigenvalue weighted by atomic mass is 10.1. The van der Waals surface area contributed by atoms with E-state index < -0.39 is 0 Å². The molecule has 7 heteroatoms. The fourth-order valence-electron chi connectivity index (χ4n) is 1.63. The summed E-state index contributed by atoms with van der Waals surface area (Å²) in [5, 5.41) is 11.8. The van der Waals surface area contributed by atoms with Gasteiger partial charge in [-0.2, -0.15) is 14.6 Å². The van der Waals surface area contributed by atoms with Gasteiger partial charge in [0.1, 0.15) is 0 Å². The molecule has 2 aromatic rings. The molecular weight excluding hydrogens is 232 g/mol. The van der Waals surface area contributed by atoms with Crippen LogP contribution in [0.3, 0.4) is 0 Å². The van der Waals surface area contributed by atoms with Crippen LogP contribution in [0.2, 0.25) is 0 Å². The third-order valence-corrected chi connectivity index (χ3v) is 2.53. The van der Waals surface area contributed by atoms with Crippen LogP contribution in [0.5, 0.6) is 0 Å². The van der Waals surface area contributed by atoms with E-state index in [1.165, 1.54) is 4.52 Å². The summed E-state index contributed by atoms with van der Waals surface area (Å²) in [5.41, 5.74) is 7.39. The van der Waals surface area contributed by atoms with E-state index in [-0.39, 0.29) is 23.6 Å². The number of hydrogen-bond donors (Lipinski definition) is 2. The Kier molecular flexibility index (Phi) is 3.14. The van der Waals surface area contributed by atoms with Gasteiger partial charge in [0.2, 0.25) is 11.8 Å².